The molecule has 2 aliphatic heterocycles. The van der Waals surface area contributed by atoms with Gasteiger partial charge in [0.05, 0.1) is 24.9 Å². The highest BCUT2D eigenvalue weighted by atomic mass is 16.6. The predicted octanol–water partition coefficient (Wildman–Crippen LogP) is 1.23. The van der Waals surface area contributed by atoms with Crippen molar-refractivity contribution < 1.29 is 19.1 Å². The summed E-state index contributed by atoms with van der Waals surface area (Å²) in [4.78, 5) is 30.9. The summed E-state index contributed by atoms with van der Waals surface area (Å²) in [5.74, 6) is 0.276. The minimum Gasteiger partial charge on any atom is -0.412 e. The molecule has 6 nitrogen and oxygen atoms in total. The number of esters is 2. The largest absolute Gasteiger partial charge is 0.412 e. The lowest BCUT2D eigenvalue weighted by Crippen LogP contribution is -2.27. The highest BCUT2D eigenvalue weighted by molar-refractivity contribution is 5.95. The molecule has 0 amide bonds. The molecule has 98 valence electrons. The van der Waals surface area contributed by atoms with Crippen molar-refractivity contribution in [2.45, 2.75) is 51.6 Å². The molecule has 2 heterocycles. The summed E-state index contributed by atoms with van der Waals surface area (Å²) in [6.07, 6.45) is 1.48. The molecule has 2 atom stereocenters. The Bertz CT molecular complexity index is 388. The smallest absolute Gasteiger partial charge is 0.314 e. The van der Waals surface area contributed by atoms with Crippen LogP contribution in [0.5, 0.6) is 0 Å². The molecule has 0 aromatic heterocycles. The maximum atomic E-state index is 11.2. The number of cyclic esters (lactones) is 2. The van der Waals surface area contributed by atoms with Gasteiger partial charge in [-0.25, -0.2) is 0 Å². The molecule has 0 aromatic rings. The standard InChI is InChI=1S/C12H16N2O4/c1-7-5-11(15)17-9(13-7)3-4-10-14-8(2)6-12(16)18-10/h7-8H,3-6H2,1-2H3. The Morgan fingerprint density at radius 3 is 1.67 bits per heavy atom. The van der Waals surface area contributed by atoms with Gasteiger partial charge in [-0.05, 0) is 13.8 Å². The van der Waals surface area contributed by atoms with E-state index in [2.05, 4.69) is 9.98 Å². The van der Waals surface area contributed by atoms with E-state index in [1.807, 2.05) is 13.8 Å². The van der Waals surface area contributed by atoms with Crippen molar-refractivity contribution in [3.8, 4) is 0 Å². The molecule has 0 fully saturated rings. The second-order valence-corrected chi connectivity index (χ2v) is 4.60. The monoisotopic (exact) mass is 252 g/mol. The van der Waals surface area contributed by atoms with E-state index in [9.17, 15) is 9.59 Å². The van der Waals surface area contributed by atoms with E-state index < -0.39 is 0 Å². The van der Waals surface area contributed by atoms with Gasteiger partial charge in [0.1, 0.15) is 0 Å². The molecule has 0 aromatic carbocycles. The van der Waals surface area contributed by atoms with Crippen molar-refractivity contribution in [2.24, 2.45) is 9.98 Å². The molecule has 0 N–H and O–H groups in total. The van der Waals surface area contributed by atoms with Gasteiger partial charge in [0.2, 0.25) is 0 Å². The summed E-state index contributed by atoms with van der Waals surface area (Å²) >= 11 is 0. The highest BCUT2D eigenvalue weighted by Crippen LogP contribution is 2.14. The van der Waals surface area contributed by atoms with E-state index in [0.29, 0.717) is 37.5 Å². The van der Waals surface area contributed by atoms with Crippen molar-refractivity contribution in [3.05, 3.63) is 0 Å². The third-order valence-corrected chi connectivity index (χ3v) is 2.67. The number of hydrogen-bond acceptors (Lipinski definition) is 6. The Labute approximate surface area is 105 Å². The van der Waals surface area contributed by atoms with Gasteiger partial charge in [0, 0.05) is 12.8 Å². The van der Waals surface area contributed by atoms with Gasteiger partial charge in [0.15, 0.2) is 11.8 Å². The van der Waals surface area contributed by atoms with Crippen LogP contribution in [0.3, 0.4) is 0 Å². The number of carbonyl (C=O) groups excluding carboxylic acids is 2. The van der Waals surface area contributed by atoms with E-state index in [1.165, 1.54) is 0 Å². The van der Waals surface area contributed by atoms with E-state index >= 15 is 0 Å². The molecule has 2 rings (SSSR count). The Morgan fingerprint density at radius 1 is 0.944 bits per heavy atom. The first-order valence-corrected chi connectivity index (χ1v) is 6.07. The van der Waals surface area contributed by atoms with Crippen LogP contribution in [0.1, 0.15) is 39.5 Å². The fourth-order valence-electron chi connectivity index (χ4n) is 1.91. The van der Waals surface area contributed by atoms with Crippen molar-refractivity contribution >= 4 is 23.7 Å². The topological polar surface area (TPSA) is 77.3 Å². The average molecular weight is 252 g/mol. The van der Waals surface area contributed by atoms with Crippen LogP contribution in [-0.2, 0) is 19.1 Å². The van der Waals surface area contributed by atoms with Gasteiger partial charge in [-0.2, -0.15) is 0 Å². The number of nitrogens with zero attached hydrogens (tertiary/aromatic N) is 2. The first-order valence-electron chi connectivity index (χ1n) is 6.07. The summed E-state index contributed by atoms with van der Waals surface area (Å²) in [6, 6.07) is -0.0907. The van der Waals surface area contributed by atoms with Gasteiger partial charge in [-0.3, -0.25) is 19.6 Å². The first kappa shape index (κ1) is 12.7. The minimum absolute atomic E-state index is 0.0454. The molecule has 0 bridgehead atoms. The SMILES string of the molecule is CC1CC(=O)OC(CCC2=NC(C)CC(=O)O2)=N1. The molecule has 2 aliphatic rings. The molecule has 2 unspecified atom stereocenters. The van der Waals surface area contributed by atoms with Crippen LogP contribution in [0.2, 0.25) is 0 Å². The highest BCUT2D eigenvalue weighted by Gasteiger charge is 2.23. The third kappa shape index (κ3) is 3.38. The molecule has 0 radical (unpaired) electrons. The number of carbonyl (C=O) groups is 2. The van der Waals surface area contributed by atoms with Crippen molar-refractivity contribution in [3.63, 3.8) is 0 Å². The summed E-state index contributed by atoms with van der Waals surface area (Å²) in [5.41, 5.74) is 0. The zero-order chi connectivity index (χ0) is 13.1. The van der Waals surface area contributed by atoms with E-state index in [1.54, 1.807) is 0 Å². The van der Waals surface area contributed by atoms with Crippen LogP contribution in [0.25, 0.3) is 0 Å². The number of rotatable bonds is 3. The van der Waals surface area contributed by atoms with Crippen LogP contribution >= 0.6 is 0 Å². The second kappa shape index (κ2) is 5.29. The quantitative estimate of drug-likeness (QED) is 0.708. The summed E-state index contributed by atoms with van der Waals surface area (Å²) in [5, 5.41) is 0. The van der Waals surface area contributed by atoms with Gasteiger partial charge >= 0.3 is 11.9 Å². The van der Waals surface area contributed by atoms with Crippen molar-refractivity contribution in [1.29, 1.82) is 0 Å². The zero-order valence-electron chi connectivity index (χ0n) is 10.5. The van der Waals surface area contributed by atoms with Gasteiger partial charge in [-0.15, -0.1) is 0 Å². The Hall–Kier alpha value is -1.72. The molecule has 0 saturated heterocycles. The molecular formula is C12H16N2O4. The molecule has 0 aliphatic carbocycles. The van der Waals surface area contributed by atoms with E-state index in [-0.39, 0.29) is 24.0 Å². The maximum Gasteiger partial charge on any atom is 0.314 e. The molecule has 0 saturated carbocycles. The molecule has 6 heteroatoms. The lowest BCUT2D eigenvalue weighted by atomic mass is 10.2. The van der Waals surface area contributed by atoms with Gasteiger partial charge in [0.25, 0.3) is 0 Å². The Balaban J connectivity index is 1.92. The normalized spacial score (nSPS) is 28.1. The maximum absolute atomic E-state index is 11.2. The average Bonchev–Trinajstić information content (AvgIpc) is 2.23. The Morgan fingerprint density at radius 2 is 1.33 bits per heavy atom. The summed E-state index contributed by atoms with van der Waals surface area (Å²) < 4.78 is 10.0. The van der Waals surface area contributed by atoms with E-state index in [4.69, 9.17) is 9.47 Å². The zero-order valence-corrected chi connectivity index (χ0v) is 10.5. The number of aliphatic imine (C=N–C) groups is 2. The number of ether oxygens (including phenoxy) is 2. The van der Waals surface area contributed by atoms with Crippen LogP contribution in [0.15, 0.2) is 9.98 Å². The summed E-state index contributed by atoms with van der Waals surface area (Å²) in [7, 11) is 0. The van der Waals surface area contributed by atoms with E-state index in [0.717, 1.165) is 0 Å². The second-order valence-electron chi connectivity index (χ2n) is 4.60. The van der Waals surface area contributed by atoms with Crippen LogP contribution < -0.4 is 0 Å². The fraction of sp³-hybridized carbons (Fsp3) is 0.667. The molecule has 18 heavy (non-hydrogen) atoms. The summed E-state index contributed by atoms with van der Waals surface area (Å²) in [6.45, 7) is 3.72. The predicted molar refractivity (Wildman–Crippen MR) is 64.4 cm³/mol. The third-order valence-electron chi connectivity index (χ3n) is 2.67. The van der Waals surface area contributed by atoms with Gasteiger partial charge < -0.3 is 9.47 Å². The van der Waals surface area contributed by atoms with Crippen LogP contribution in [-0.4, -0.2) is 35.8 Å². The molecule has 0 spiro atoms. The lowest BCUT2D eigenvalue weighted by molar-refractivity contribution is -0.138. The first-order chi connectivity index (χ1) is 8.52. The van der Waals surface area contributed by atoms with Crippen LogP contribution in [0, 0.1) is 0 Å². The minimum atomic E-state index is -0.261. The molecular weight excluding hydrogens is 236 g/mol. The Kier molecular flexibility index (Phi) is 3.74. The van der Waals surface area contributed by atoms with Crippen molar-refractivity contribution in [1.82, 2.24) is 0 Å². The lowest BCUT2D eigenvalue weighted by Gasteiger charge is -2.19. The van der Waals surface area contributed by atoms with Gasteiger partial charge in [-0.1, -0.05) is 0 Å². The fourth-order valence-corrected chi connectivity index (χ4v) is 1.91. The number of hydrogen-bond donors (Lipinski definition) is 0. The van der Waals surface area contributed by atoms with Crippen molar-refractivity contribution in [2.75, 3.05) is 0 Å². The van der Waals surface area contributed by atoms with Crippen LogP contribution in [0.4, 0.5) is 0 Å².